The average Bonchev–Trinajstić information content (AvgIpc) is 2.53. The van der Waals surface area contributed by atoms with E-state index in [2.05, 4.69) is 15.6 Å². The smallest absolute Gasteiger partial charge is 0.319 e. The second kappa shape index (κ2) is 7.51. The quantitative estimate of drug-likeness (QED) is 0.874. The molecule has 0 aliphatic carbocycles. The molecule has 2 rings (SSSR count). The Hall–Kier alpha value is -2.63. The van der Waals surface area contributed by atoms with Crippen molar-refractivity contribution in [3.63, 3.8) is 0 Å². The molecule has 0 bridgehead atoms. The number of benzene rings is 1. The van der Waals surface area contributed by atoms with Crippen LogP contribution < -0.4 is 15.5 Å². The monoisotopic (exact) mass is 344 g/mol. The van der Waals surface area contributed by atoms with Crippen LogP contribution >= 0.6 is 0 Å². The molecule has 2 amide bonds. The van der Waals surface area contributed by atoms with Crippen molar-refractivity contribution in [3.8, 4) is 0 Å². The van der Waals surface area contributed by atoms with E-state index in [-0.39, 0.29) is 23.3 Å². The molecule has 2 N–H and O–H groups in total. The molecule has 0 spiro atoms. The van der Waals surface area contributed by atoms with E-state index in [1.807, 2.05) is 45.8 Å². The SMILES string of the molecule is CN(C)c1ccc(NC(=O)N[C@@H](c2ccc(F)cc2)C(C)(C)C)cn1. The molecule has 0 aliphatic heterocycles. The van der Waals surface area contributed by atoms with Gasteiger partial charge in [-0.2, -0.15) is 0 Å². The van der Waals surface area contributed by atoms with Gasteiger partial charge in [-0.05, 0) is 35.2 Å². The summed E-state index contributed by atoms with van der Waals surface area (Å²) in [5.74, 6) is 0.512. The van der Waals surface area contributed by atoms with Crippen LogP contribution in [0.3, 0.4) is 0 Å². The zero-order valence-electron chi connectivity index (χ0n) is 15.3. The van der Waals surface area contributed by atoms with Crippen LogP contribution in [0, 0.1) is 11.2 Å². The van der Waals surface area contributed by atoms with Crippen molar-refractivity contribution in [1.29, 1.82) is 0 Å². The molecule has 2 aromatic rings. The van der Waals surface area contributed by atoms with Gasteiger partial charge in [-0.3, -0.25) is 0 Å². The Labute approximate surface area is 148 Å². The normalized spacial score (nSPS) is 12.4. The maximum Gasteiger partial charge on any atom is 0.319 e. The van der Waals surface area contributed by atoms with Crippen LogP contribution in [0.15, 0.2) is 42.6 Å². The van der Waals surface area contributed by atoms with E-state index in [0.717, 1.165) is 11.4 Å². The summed E-state index contributed by atoms with van der Waals surface area (Å²) in [4.78, 5) is 18.5. The van der Waals surface area contributed by atoms with Crippen molar-refractivity contribution in [1.82, 2.24) is 10.3 Å². The minimum absolute atomic E-state index is 0.234. The number of hydrogen-bond donors (Lipinski definition) is 2. The highest BCUT2D eigenvalue weighted by Gasteiger charge is 2.28. The van der Waals surface area contributed by atoms with Crippen molar-refractivity contribution < 1.29 is 9.18 Å². The summed E-state index contributed by atoms with van der Waals surface area (Å²) >= 11 is 0. The molecular formula is C19H25FN4O. The van der Waals surface area contributed by atoms with Gasteiger partial charge in [-0.15, -0.1) is 0 Å². The summed E-state index contributed by atoms with van der Waals surface area (Å²) in [6, 6.07) is 9.22. The molecule has 5 nitrogen and oxygen atoms in total. The van der Waals surface area contributed by atoms with E-state index in [9.17, 15) is 9.18 Å². The summed E-state index contributed by atoms with van der Waals surface area (Å²) < 4.78 is 13.2. The maximum absolute atomic E-state index is 13.2. The third kappa shape index (κ3) is 5.17. The summed E-state index contributed by atoms with van der Waals surface area (Å²) in [5.41, 5.74) is 1.22. The molecule has 134 valence electrons. The Balaban J connectivity index is 2.10. The van der Waals surface area contributed by atoms with Crippen molar-refractivity contribution in [3.05, 3.63) is 54.0 Å². The summed E-state index contributed by atoms with van der Waals surface area (Å²) in [6.07, 6.45) is 1.61. The number of pyridine rings is 1. The predicted octanol–water partition coefficient (Wildman–Crippen LogP) is 4.20. The lowest BCUT2D eigenvalue weighted by Crippen LogP contribution is -2.39. The van der Waals surface area contributed by atoms with E-state index in [1.54, 1.807) is 24.4 Å². The lowest BCUT2D eigenvalue weighted by Gasteiger charge is -2.32. The first-order valence-electron chi connectivity index (χ1n) is 8.13. The van der Waals surface area contributed by atoms with E-state index >= 15 is 0 Å². The molecule has 25 heavy (non-hydrogen) atoms. The minimum atomic E-state index is -0.330. The molecule has 1 aromatic heterocycles. The van der Waals surface area contributed by atoms with Gasteiger partial charge >= 0.3 is 6.03 Å². The zero-order chi connectivity index (χ0) is 18.6. The maximum atomic E-state index is 13.2. The van der Waals surface area contributed by atoms with Gasteiger partial charge in [0.2, 0.25) is 0 Å². The van der Waals surface area contributed by atoms with Crippen LogP contribution in [0.25, 0.3) is 0 Å². The number of amides is 2. The fraction of sp³-hybridized carbons (Fsp3) is 0.368. The number of aromatic nitrogens is 1. The molecule has 0 radical (unpaired) electrons. The van der Waals surface area contributed by atoms with E-state index in [4.69, 9.17) is 0 Å². The standard InChI is InChI=1S/C19H25FN4O/c1-19(2,3)17(13-6-8-14(20)9-7-13)23-18(25)22-15-10-11-16(21-12-15)24(4)5/h6-12,17H,1-5H3,(H2,22,23,25)/t17-/m0/s1. The molecule has 0 fully saturated rings. The highest BCUT2D eigenvalue weighted by atomic mass is 19.1. The Morgan fingerprint density at radius 1 is 1.12 bits per heavy atom. The van der Waals surface area contributed by atoms with Crippen LogP contribution in [0.5, 0.6) is 0 Å². The second-order valence-corrected chi connectivity index (χ2v) is 7.25. The first-order valence-corrected chi connectivity index (χ1v) is 8.13. The van der Waals surface area contributed by atoms with Gasteiger partial charge in [-0.1, -0.05) is 32.9 Å². The molecule has 1 atom stereocenters. The number of urea groups is 1. The van der Waals surface area contributed by atoms with Gasteiger partial charge in [0.15, 0.2) is 0 Å². The summed E-state index contributed by atoms with van der Waals surface area (Å²) in [6.45, 7) is 6.07. The second-order valence-electron chi connectivity index (χ2n) is 7.25. The van der Waals surface area contributed by atoms with E-state index in [0.29, 0.717) is 5.69 Å². The zero-order valence-corrected chi connectivity index (χ0v) is 15.3. The van der Waals surface area contributed by atoms with Crippen molar-refractivity contribution in [2.45, 2.75) is 26.8 Å². The number of carbonyl (C=O) groups is 1. The molecule has 6 heteroatoms. The van der Waals surface area contributed by atoms with Crippen LogP contribution in [0.1, 0.15) is 32.4 Å². The Bertz CT molecular complexity index is 706. The van der Waals surface area contributed by atoms with Crippen molar-refractivity contribution >= 4 is 17.5 Å². The van der Waals surface area contributed by atoms with Gasteiger partial charge in [0, 0.05) is 14.1 Å². The highest BCUT2D eigenvalue weighted by Crippen LogP contribution is 2.32. The fourth-order valence-electron chi connectivity index (χ4n) is 2.48. The van der Waals surface area contributed by atoms with Crippen molar-refractivity contribution in [2.24, 2.45) is 5.41 Å². The fourth-order valence-corrected chi connectivity index (χ4v) is 2.48. The van der Waals surface area contributed by atoms with Crippen molar-refractivity contribution in [2.75, 3.05) is 24.3 Å². The van der Waals surface area contributed by atoms with Gasteiger partial charge in [0.25, 0.3) is 0 Å². The van der Waals surface area contributed by atoms with Gasteiger partial charge in [-0.25, -0.2) is 14.2 Å². The molecular weight excluding hydrogens is 319 g/mol. The Morgan fingerprint density at radius 3 is 2.24 bits per heavy atom. The van der Waals surface area contributed by atoms with Crippen LogP contribution in [0.4, 0.5) is 20.7 Å². The molecule has 0 saturated carbocycles. The third-order valence-electron chi connectivity index (χ3n) is 3.81. The molecule has 0 saturated heterocycles. The van der Waals surface area contributed by atoms with E-state index < -0.39 is 0 Å². The molecule has 1 heterocycles. The lowest BCUT2D eigenvalue weighted by molar-refractivity contribution is 0.229. The predicted molar refractivity (Wildman–Crippen MR) is 99.3 cm³/mol. The number of rotatable bonds is 4. The minimum Gasteiger partial charge on any atom is -0.363 e. The topological polar surface area (TPSA) is 57.3 Å². The highest BCUT2D eigenvalue weighted by molar-refractivity contribution is 5.89. The summed E-state index contributed by atoms with van der Waals surface area (Å²) in [5, 5.41) is 5.75. The van der Waals surface area contributed by atoms with Gasteiger partial charge in [0.05, 0.1) is 17.9 Å². The lowest BCUT2D eigenvalue weighted by atomic mass is 9.82. The Morgan fingerprint density at radius 2 is 1.76 bits per heavy atom. The average molecular weight is 344 g/mol. The molecule has 0 unspecified atom stereocenters. The Kier molecular flexibility index (Phi) is 5.62. The number of nitrogens with one attached hydrogen (secondary N) is 2. The first kappa shape index (κ1) is 18.7. The van der Waals surface area contributed by atoms with Crippen LogP contribution in [-0.2, 0) is 0 Å². The molecule has 0 aliphatic rings. The van der Waals surface area contributed by atoms with Gasteiger partial charge < -0.3 is 15.5 Å². The number of halogens is 1. The summed E-state index contributed by atoms with van der Waals surface area (Å²) in [7, 11) is 3.80. The molecule has 1 aromatic carbocycles. The number of anilines is 2. The number of carbonyl (C=O) groups excluding carboxylic acids is 1. The number of nitrogens with zero attached hydrogens (tertiary/aromatic N) is 2. The largest absolute Gasteiger partial charge is 0.363 e. The third-order valence-corrected chi connectivity index (χ3v) is 3.81. The van der Waals surface area contributed by atoms with Crippen LogP contribution in [-0.4, -0.2) is 25.1 Å². The number of hydrogen-bond acceptors (Lipinski definition) is 3. The van der Waals surface area contributed by atoms with Gasteiger partial charge in [0.1, 0.15) is 11.6 Å². The first-order chi connectivity index (χ1) is 11.7. The van der Waals surface area contributed by atoms with Crippen LogP contribution in [0.2, 0.25) is 0 Å². The van der Waals surface area contributed by atoms with E-state index in [1.165, 1.54) is 12.1 Å².